The number of fused-ring (bicyclic) bond motifs is 1. The highest BCUT2D eigenvalue weighted by Gasteiger charge is 2.37. The number of esters is 1. The van der Waals surface area contributed by atoms with E-state index < -0.39 is 16.0 Å². The van der Waals surface area contributed by atoms with Crippen LogP contribution < -0.4 is 5.32 Å². The number of ether oxygens (including phenoxy) is 1. The molecular formula is C17H22N2O4S2. The van der Waals surface area contributed by atoms with Crippen LogP contribution in [0.5, 0.6) is 0 Å². The normalized spacial score (nSPS) is 18.1. The fourth-order valence-corrected chi connectivity index (χ4v) is 6.75. The molecule has 136 valence electrons. The molecule has 1 atom stereocenters. The molecule has 0 amide bonds. The number of methoxy groups -OCH3 is 1. The van der Waals surface area contributed by atoms with Gasteiger partial charge in [-0.2, -0.15) is 4.31 Å². The minimum Gasteiger partial charge on any atom is -0.465 e. The molecule has 2 aromatic rings. The molecule has 0 spiro atoms. The molecule has 1 fully saturated rings. The van der Waals surface area contributed by atoms with Crippen LogP contribution in [0.1, 0.15) is 29.4 Å². The van der Waals surface area contributed by atoms with E-state index >= 15 is 0 Å². The maximum atomic E-state index is 13.5. The third-order valence-corrected chi connectivity index (χ3v) is 7.69. The van der Waals surface area contributed by atoms with Gasteiger partial charge in [0.1, 0.15) is 9.77 Å². The summed E-state index contributed by atoms with van der Waals surface area (Å²) in [7, 11) is -2.54. The molecule has 25 heavy (non-hydrogen) atoms. The van der Waals surface area contributed by atoms with Crippen molar-refractivity contribution in [1.29, 1.82) is 0 Å². The van der Waals surface area contributed by atoms with Gasteiger partial charge in [0.2, 0.25) is 10.0 Å². The standard InChI is InChI=1S/C17H22N2O4S2/c1-3-10-19(12-8-9-18-11-12)25(21,22)16-13-6-4-5-7-14(13)24-15(16)17(20)23-2/h4-7,12,18H,3,8-11H2,1-2H3. The zero-order valence-corrected chi connectivity index (χ0v) is 16.0. The van der Waals surface area contributed by atoms with Crippen LogP contribution in [-0.4, -0.2) is 51.5 Å². The molecule has 1 aliphatic heterocycles. The molecule has 0 saturated carbocycles. The molecule has 2 heterocycles. The Morgan fingerprint density at radius 1 is 1.40 bits per heavy atom. The minimum absolute atomic E-state index is 0.0836. The predicted molar refractivity (Wildman–Crippen MR) is 98.6 cm³/mol. The maximum Gasteiger partial charge on any atom is 0.349 e. The van der Waals surface area contributed by atoms with Crippen LogP contribution in [0.2, 0.25) is 0 Å². The van der Waals surface area contributed by atoms with Gasteiger partial charge < -0.3 is 10.1 Å². The van der Waals surface area contributed by atoms with Crippen LogP contribution in [0.15, 0.2) is 29.2 Å². The Hall–Kier alpha value is -1.48. The topological polar surface area (TPSA) is 75.7 Å². The molecule has 1 aromatic heterocycles. The van der Waals surface area contributed by atoms with Crippen molar-refractivity contribution in [2.24, 2.45) is 0 Å². The van der Waals surface area contributed by atoms with Crippen molar-refractivity contribution in [2.45, 2.75) is 30.7 Å². The highest BCUT2D eigenvalue weighted by molar-refractivity contribution is 7.89. The fourth-order valence-electron chi connectivity index (χ4n) is 3.23. The van der Waals surface area contributed by atoms with Crippen molar-refractivity contribution >= 4 is 37.4 Å². The molecule has 1 unspecified atom stereocenters. The summed E-state index contributed by atoms with van der Waals surface area (Å²) in [5.41, 5.74) is 0. The summed E-state index contributed by atoms with van der Waals surface area (Å²) in [6.45, 7) is 3.82. The van der Waals surface area contributed by atoms with Gasteiger partial charge >= 0.3 is 5.97 Å². The second-order valence-electron chi connectivity index (χ2n) is 6.01. The van der Waals surface area contributed by atoms with Crippen molar-refractivity contribution in [2.75, 3.05) is 26.7 Å². The number of benzene rings is 1. The molecule has 1 aliphatic rings. The van der Waals surface area contributed by atoms with Crippen LogP contribution in [-0.2, 0) is 14.8 Å². The van der Waals surface area contributed by atoms with Gasteiger partial charge in [-0.15, -0.1) is 11.3 Å². The van der Waals surface area contributed by atoms with E-state index in [1.807, 2.05) is 19.1 Å². The van der Waals surface area contributed by atoms with Gasteiger partial charge in [-0.05, 0) is 25.5 Å². The first-order valence-electron chi connectivity index (χ1n) is 8.33. The molecule has 3 rings (SSSR count). The molecule has 8 heteroatoms. The van der Waals surface area contributed by atoms with Crippen molar-refractivity contribution in [1.82, 2.24) is 9.62 Å². The molecule has 0 aliphatic carbocycles. The maximum absolute atomic E-state index is 13.5. The molecule has 1 N–H and O–H groups in total. The Bertz CT molecular complexity index is 870. The molecule has 0 bridgehead atoms. The summed E-state index contributed by atoms with van der Waals surface area (Å²) in [4.78, 5) is 12.5. The number of thiophene rings is 1. The largest absolute Gasteiger partial charge is 0.465 e. The zero-order valence-electron chi connectivity index (χ0n) is 14.3. The molecule has 0 radical (unpaired) electrons. The predicted octanol–water partition coefficient (Wildman–Crippen LogP) is 2.45. The van der Waals surface area contributed by atoms with Gasteiger partial charge in [0, 0.05) is 29.2 Å². The number of sulfonamides is 1. The van der Waals surface area contributed by atoms with Crippen LogP contribution in [0.4, 0.5) is 0 Å². The van der Waals surface area contributed by atoms with E-state index in [-0.39, 0.29) is 15.8 Å². The van der Waals surface area contributed by atoms with Crippen molar-refractivity contribution in [3.05, 3.63) is 29.1 Å². The number of hydrogen-bond donors (Lipinski definition) is 1. The monoisotopic (exact) mass is 382 g/mol. The smallest absolute Gasteiger partial charge is 0.349 e. The second kappa shape index (κ2) is 7.41. The second-order valence-corrected chi connectivity index (χ2v) is 8.89. The summed E-state index contributed by atoms with van der Waals surface area (Å²) in [5.74, 6) is -0.610. The number of hydrogen-bond acceptors (Lipinski definition) is 6. The summed E-state index contributed by atoms with van der Waals surface area (Å²) in [5, 5.41) is 3.80. The van der Waals surface area contributed by atoms with E-state index in [1.54, 1.807) is 16.4 Å². The van der Waals surface area contributed by atoms with E-state index in [9.17, 15) is 13.2 Å². The average molecular weight is 383 g/mol. The van der Waals surface area contributed by atoms with Crippen LogP contribution in [0, 0.1) is 0 Å². The fraction of sp³-hybridized carbons (Fsp3) is 0.471. The number of rotatable bonds is 6. The SMILES string of the molecule is CCCN(C1CCNC1)S(=O)(=O)c1c(C(=O)OC)sc2ccccc12. The number of nitrogens with zero attached hydrogens (tertiary/aromatic N) is 1. The number of carbonyl (C=O) groups is 1. The first-order chi connectivity index (χ1) is 12.0. The van der Waals surface area contributed by atoms with Crippen molar-refractivity contribution in [3.8, 4) is 0 Å². The van der Waals surface area contributed by atoms with Gasteiger partial charge in [0.05, 0.1) is 7.11 Å². The van der Waals surface area contributed by atoms with Crippen LogP contribution in [0.3, 0.4) is 0 Å². The number of nitrogens with one attached hydrogen (secondary N) is 1. The van der Waals surface area contributed by atoms with Gasteiger partial charge in [-0.3, -0.25) is 0 Å². The lowest BCUT2D eigenvalue weighted by molar-refractivity contribution is 0.0602. The Morgan fingerprint density at radius 3 is 2.80 bits per heavy atom. The van der Waals surface area contributed by atoms with Crippen molar-refractivity contribution in [3.63, 3.8) is 0 Å². The lowest BCUT2D eigenvalue weighted by Crippen LogP contribution is -2.42. The van der Waals surface area contributed by atoms with Crippen LogP contribution >= 0.6 is 11.3 Å². The summed E-state index contributed by atoms with van der Waals surface area (Å²) in [6, 6.07) is 7.11. The quantitative estimate of drug-likeness (QED) is 0.777. The van der Waals surface area contributed by atoms with Crippen molar-refractivity contribution < 1.29 is 17.9 Å². The van der Waals surface area contributed by atoms with Crippen LogP contribution in [0.25, 0.3) is 10.1 Å². The van der Waals surface area contributed by atoms with E-state index in [1.165, 1.54) is 18.4 Å². The van der Waals surface area contributed by atoms with Gasteiger partial charge in [-0.25, -0.2) is 13.2 Å². The Labute approximate surface area is 151 Å². The van der Waals surface area contributed by atoms with Gasteiger partial charge in [0.15, 0.2) is 0 Å². The Kier molecular flexibility index (Phi) is 5.43. The summed E-state index contributed by atoms with van der Waals surface area (Å²) < 4.78 is 34.2. The third kappa shape index (κ3) is 3.31. The molecule has 1 aromatic carbocycles. The lowest BCUT2D eigenvalue weighted by atomic mass is 10.2. The van der Waals surface area contributed by atoms with E-state index in [0.717, 1.165) is 17.7 Å². The first kappa shape index (κ1) is 18.3. The van der Waals surface area contributed by atoms with E-state index in [2.05, 4.69) is 5.32 Å². The van der Waals surface area contributed by atoms with E-state index in [4.69, 9.17) is 4.74 Å². The highest BCUT2D eigenvalue weighted by atomic mass is 32.2. The van der Waals surface area contributed by atoms with Gasteiger partial charge in [-0.1, -0.05) is 25.1 Å². The number of carbonyl (C=O) groups excluding carboxylic acids is 1. The summed E-state index contributed by atoms with van der Waals surface area (Å²) in [6.07, 6.45) is 1.49. The molecular weight excluding hydrogens is 360 g/mol. The Morgan fingerprint density at radius 2 is 2.16 bits per heavy atom. The van der Waals surface area contributed by atoms with E-state index in [0.29, 0.717) is 24.9 Å². The first-order valence-corrected chi connectivity index (χ1v) is 10.6. The average Bonchev–Trinajstić information content (AvgIpc) is 3.26. The third-order valence-electron chi connectivity index (χ3n) is 4.37. The Balaban J connectivity index is 2.19. The molecule has 1 saturated heterocycles. The summed E-state index contributed by atoms with van der Waals surface area (Å²) >= 11 is 1.17. The minimum atomic E-state index is -3.81. The zero-order chi connectivity index (χ0) is 18.0. The van der Waals surface area contributed by atoms with Gasteiger partial charge in [0.25, 0.3) is 0 Å². The highest BCUT2D eigenvalue weighted by Crippen LogP contribution is 2.37. The molecule has 6 nitrogen and oxygen atoms in total. The lowest BCUT2D eigenvalue weighted by Gasteiger charge is -2.27.